The number of carbonyl (C=O) groups excluding carboxylic acids is 1. The summed E-state index contributed by atoms with van der Waals surface area (Å²) in [5.41, 5.74) is 3.12. The van der Waals surface area contributed by atoms with Crippen LogP contribution in [0.4, 0.5) is 29.3 Å². The maximum absolute atomic E-state index is 12.5. The molecule has 0 aliphatic rings. The van der Waals surface area contributed by atoms with E-state index in [1.54, 1.807) is 54.9 Å². The molecule has 1 aromatic heterocycles. The molecule has 3 aromatic rings. The van der Waals surface area contributed by atoms with E-state index < -0.39 is 30.7 Å². The Kier molecular flexibility index (Phi) is 8.49. The first-order valence-corrected chi connectivity index (χ1v) is 9.24. The fourth-order valence-corrected chi connectivity index (χ4v) is 2.50. The summed E-state index contributed by atoms with van der Waals surface area (Å²) in [5, 5.41) is 19.0. The van der Waals surface area contributed by atoms with Crippen molar-refractivity contribution in [2.75, 3.05) is 16.8 Å². The van der Waals surface area contributed by atoms with E-state index in [1.165, 1.54) is 4.90 Å². The molecule has 0 aliphatic heterocycles. The summed E-state index contributed by atoms with van der Waals surface area (Å²) < 4.78 is 31.7. The van der Waals surface area contributed by atoms with Crippen LogP contribution in [0.5, 0.6) is 0 Å². The van der Waals surface area contributed by atoms with Crippen LogP contribution in [0.2, 0.25) is 0 Å². The van der Waals surface area contributed by atoms with Crippen LogP contribution in [0.25, 0.3) is 11.1 Å². The summed E-state index contributed by atoms with van der Waals surface area (Å²) in [6.45, 7) is -0.426. The number of rotatable bonds is 5. The number of nitrogens with one attached hydrogen (secondary N) is 1. The highest BCUT2D eigenvalue weighted by Gasteiger charge is 2.38. The number of urea groups is 1. The van der Waals surface area contributed by atoms with E-state index in [0.717, 1.165) is 11.1 Å². The topological polar surface area (TPSA) is 120 Å². The van der Waals surface area contributed by atoms with Gasteiger partial charge in [0.05, 0.1) is 0 Å². The molecular formula is C22H18F3N3O5. The lowest BCUT2D eigenvalue weighted by Gasteiger charge is -2.21. The molecule has 0 radical (unpaired) electrons. The minimum absolute atomic E-state index is 0.426. The molecule has 0 bridgehead atoms. The van der Waals surface area contributed by atoms with Crippen LogP contribution in [0.1, 0.15) is 0 Å². The van der Waals surface area contributed by atoms with Gasteiger partial charge in [-0.3, -0.25) is 14.7 Å². The first kappa shape index (κ1) is 24.9. The highest BCUT2D eigenvalue weighted by Crippen LogP contribution is 2.21. The molecule has 2 aromatic carbocycles. The summed E-state index contributed by atoms with van der Waals surface area (Å²) in [4.78, 5) is 37.7. The van der Waals surface area contributed by atoms with Gasteiger partial charge in [-0.2, -0.15) is 13.2 Å². The molecule has 172 valence electrons. The highest BCUT2D eigenvalue weighted by molar-refractivity contribution is 6.04. The molecule has 2 amide bonds. The number of carboxylic acid groups (broad SMARTS) is 2. The molecule has 0 spiro atoms. The van der Waals surface area contributed by atoms with Gasteiger partial charge in [-0.05, 0) is 47.5 Å². The van der Waals surface area contributed by atoms with Gasteiger partial charge in [0.1, 0.15) is 6.54 Å². The molecule has 0 fully saturated rings. The van der Waals surface area contributed by atoms with Crippen LogP contribution in [-0.2, 0) is 9.59 Å². The van der Waals surface area contributed by atoms with Gasteiger partial charge in [0.25, 0.3) is 0 Å². The number of carboxylic acids is 2. The molecule has 3 rings (SSSR count). The van der Waals surface area contributed by atoms with Crippen LogP contribution in [-0.4, -0.2) is 45.9 Å². The minimum atomic E-state index is -5.08. The van der Waals surface area contributed by atoms with Gasteiger partial charge in [0.15, 0.2) is 0 Å². The highest BCUT2D eigenvalue weighted by atomic mass is 19.4. The lowest BCUT2D eigenvalue weighted by molar-refractivity contribution is -0.192. The number of pyridine rings is 1. The lowest BCUT2D eigenvalue weighted by atomic mass is 10.1. The van der Waals surface area contributed by atoms with Crippen molar-refractivity contribution in [1.82, 2.24) is 4.98 Å². The summed E-state index contributed by atoms with van der Waals surface area (Å²) in [7, 11) is 0. The first-order valence-electron chi connectivity index (χ1n) is 9.24. The van der Waals surface area contributed by atoms with E-state index in [0.29, 0.717) is 11.4 Å². The minimum Gasteiger partial charge on any atom is -0.480 e. The number of para-hydroxylation sites is 1. The third kappa shape index (κ3) is 7.98. The van der Waals surface area contributed by atoms with E-state index in [2.05, 4.69) is 10.3 Å². The van der Waals surface area contributed by atoms with Crippen molar-refractivity contribution in [2.45, 2.75) is 6.18 Å². The van der Waals surface area contributed by atoms with Gasteiger partial charge in [-0.25, -0.2) is 9.59 Å². The zero-order chi connectivity index (χ0) is 24.4. The fraction of sp³-hybridized carbons (Fsp3) is 0.0909. The monoisotopic (exact) mass is 461 g/mol. The smallest absolute Gasteiger partial charge is 0.480 e. The Labute approximate surface area is 185 Å². The van der Waals surface area contributed by atoms with Crippen LogP contribution in [0.15, 0.2) is 79.1 Å². The van der Waals surface area contributed by atoms with Gasteiger partial charge < -0.3 is 15.5 Å². The van der Waals surface area contributed by atoms with E-state index in [9.17, 15) is 22.8 Å². The first-order chi connectivity index (χ1) is 15.6. The molecule has 3 N–H and O–H groups in total. The number of nitrogens with zero attached hydrogens (tertiary/aromatic N) is 2. The maximum Gasteiger partial charge on any atom is 0.490 e. The number of benzene rings is 2. The second-order valence-electron chi connectivity index (χ2n) is 6.36. The van der Waals surface area contributed by atoms with Crippen LogP contribution in [0, 0.1) is 0 Å². The Morgan fingerprint density at radius 2 is 1.36 bits per heavy atom. The van der Waals surface area contributed by atoms with Crippen molar-refractivity contribution in [3.8, 4) is 11.1 Å². The van der Waals surface area contributed by atoms with Crippen molar-refractivity contribution in [1.29, 1.82) is 0 Å². The second kappa shape index (κ2) is 11.3. The number of halogens is 3. The predicted octanol–water partition coefficient (Wildman–Crippen LogP) is 4.51. The molecular weight excluding hydrogens is 443 g/mol. The normalized spacial score (nSPS) is 10.4. The average molecular weight is 461 g/mol. The zero-order valence-electron chi connectivity index (χ0n) is 16.9. The van der Waals surface area contributed by atoms with Crippen molar-refractivity contribution in [3.63, 3.8) is 0 Å². The van der Waals surface area contributed by atoms with Crippen molar-refractivity contribution in [2.24, 2.45) is 0 Å². The predicted molar refractivity (Wildman–Crippen MR) is 114 cm³/mol. The van der Waals surface area contributed by atoms with Gasteiger partial charge in [0, 0.05) is 23.8 Å². The standard InChI is InChI=1S/C20H17N3O3.C2HF3O2/c24-19(25)14-23(18-4-2-1-3-5-18)20(26)22-17-8-6-15(7-9-17)16-10-12-21-13-11-16;3-2(4,5)1(6)7/h1-13H,14H2,(H,22,26)(H,24,25);(H,6,7). The number of anilines is 2. The molecule has 33 heavy (non-hydrogen) atoms. The molecule has 0 saturated carbocycles. The Morgan fingerprint density at radius 3 is 1.85 bits per heavy atom. The molecule has 1 heterocycles. The SMILES string of the molecule is O=C(O)C(F)(F)F.O=C(O)CN(C(=O)Nc1ccc(-c2ccncc2)cc1)c1ccccc1. The summed E-state index contributed by atoms with van der Waals surface area (Å²) >= 11 is 0. The van der Waals surface area contributed by atoms with Crippen LogP contribution < -0.4 is 10.2 Å². The second-order valence-corrected chi connectivity index (χ2v) is 6.36. The number of aromatic nitrogens is 1. The van der Waals surface area contributed by atoms with E-state index >= 15 is 0 Å². The van der Waals surface area contributed by atoms with E-state index in [4.69, 9.17) is 15.0 Å². The van der Waals surface area contributed by atoms with Crippen LogP contribution in [0.3, 0.4) is 0 Å². The third-order valence-corrected chi connectivity index (χ3v) is 4.00. The van der Waals surface area contributed by atoms with Crippen molar-refractivity contribution < 1.29 is 37.8 Å². The fourth-order valence-electron chi connectivity index (χ4n) is 2.50. The van der Waals surface area contributed by atoms with Gasteiger partial charge in [-0.1, -0.05) is 30.3 Å². The zero-order valence-corrected chi connectivity index (χ0v) is 16.9. The quantitative estimate of drug-likeness (QED) is 0.515. The van der Waals surface area contributed by atoms with E-state index in [-0.39, 0.29) is 0 Å². The number of hydrogen-bond acceptors (Lipinski definition) is 4. The lowest BCUT2D eigenvalue weighted by Crippen LogP contribution is -2.38. The average Bonchev–Trinajstić information content (AvgIpc) is 2.79. The molecule has 8 nitrogen and oxygen atoms in total. The summed E-state index contributed by atoms with van der Waals surface area (Å²) in [6, 6.07) is 19.3. The number of amides is 2. The number of carbonyl (C=O) groups is 3. The largest absolute Gasteiger partial charge is 0.490 e. The molecule has 0 unspecified atom stereocenters. The molecule has 0 saturated heterocycles. The maximum atomic E-state index is 12.5. The Balaban J connectivity index is 0.000000479. The summed E-state index contributed by atoms with van der Waals surface area (Å²) in [6.07, 6.45) is -1.65. The van der Waals surface area contributed by atoms with E-state index in [1.807, 2.05) is 24.3 Å². The van der Waals surface area contributed by atoms with Crippen molar-refractivity contribution >= 4 is 29.3 Å². The van der Waals surface area contributed by atoms with Crippen molar-refractivity contribution in [3.05, 3.63) is 79.1 Å². The molecule has 0 aliphatic carbocycles. The third-order valence-electron chi connectivity index (χ3n) is 4.00. The molecule has 0 atom stereocenters. The number of aliphatic carboxylic acids is 2. The van der Waals surface area contributed by atoms with Crippen LogP contribution >= 0.6 is 0 Å². The summed E-state index contributed by atoms with van der Waals surface area (Å²) in [5.74, 6) is -3.84. The number of hydrogen-bond donors (Lipinski definition) is 3. The Morgan fingerprint density at radius 1 is 0.848 bits per heavy atom. The van der Waals surface area contributed by atoms with Gasteiger partial charge >= 0.3 is 24.1 Å². The van der Waals surface area contributed by atoms with Gasteiger partial charge in [-0.15, -0.1) is 0 Å². The molecule has 11 heteroatoms. The Hall–Kier alpha value is -4.41. The van der Waals surface area contributed by atoms with Gasteiger partial charge in [0.2, 0.25) is 0 Å². The number of alkyl halides is 3. The Bertz CT molecular complexity index is 1080.